The fraction of sp³-hybridized carbons (Fsp3) is 0.877. The van der Waals surface area contributed by atoms with Gasteiger partial charge >= 0.3 is 0 Å². The van der Waals surface area contributed by atoms with E-state index in [0.29, 0.717) is 12.8 Å². The van der Waals surface area contributed by atoms with Gasteiger partial charge in [-0.2, -0.15) is 0 Å². The van der Waals surface area contributed by atoms with Gasteiger partial charge in [0.15, 0.2) is 18.9 Å². The van der Waals surface area contributed by atoms with E-state index in [0.717, 1.165) is 57.8 Å². The van der Waals surface area contributed by atoms with E-state index < -0.39 is 124 Å². The lowest BCUT2D eigenvalue weighted by atomic mass is 9.96. The molecule has 444 valence electrons. The van der Waals surface area contributed by atoms with Crippen molar-refractivity contribution in [2.75, 3.05) is 26.4 Å². The second-order valence-electron chi connectivity index (χ2n) is 21.1. The Kier molecular flexibility index (Phi) is 36.9. The highest BCUT2D eigenvalue weighted by Gasteiger charge is 2.53. The number of aliphatic hydroxyl groups excluding tert-OH is 11. The van der Waals surface area contributed by atoms with E-state index in [4.69, 9.17) is 28.4 Å². The lowest BCUT2D eigenvalue weighted by molar-refractivity contribution is -0.379. The van der Waals surface area contributed by atoms with Crippen LogP contribution >= 0.6 is 0 Å². The van der Waals surface area contributed by atoms with Crippen LogP contribution in [0.25, 0.3) is 0 Å². The Balaban J connectivity index is 1.53. The first-order valence-electron chi connectivity index (χ1n) is 29.2. The summed E-state index contributed by atoms with van der Waals surface area (Å²) in [4.78, 5) is 13.3. The maximum Gasteiger partial charge on any atom is 0.220 e. The van der Waals surface area contributed by atoms with Crippen LogP contribution in [-0.2, 0) is 33.2 Å². The molecule has 3 aliphatic heterocycles. The number of unbranched alkanes of at least 4 members (excludes halogenated alkanes) is 22. The zero-order valence-electron chi connectivity index (χ0n) is 46.0. The van der Waals surface area contributed by atoms with Gasteiger partial charge < -0.3 is 89.9 Å². The predicted octanol–water partition coefficient (Wildman–Crippen LogP) is 4.54. The second kappa shape index (κ2) is 41.1. The highest BCUT2D eigenvalue weighted by molar-refractivity contribution is 5.76. The largest absolute Gasteiger partial charge is 0.394 e. The summed E-state index contributed by atoms with van der Waals surface area (Å²) in [5, 5.41) is 120. The molecule has 3 saturated heterocycles. The molecule has 19 nitrogen and oxygen atoms in total. The van der Waals surface area contributed by atoms with E-state index in [-0.39, 0.29) is 18.9 Å². The first kappa shape index (κ1) is 68.3. The minimum Gasteiger partial charge on any atom is -0.394 e. The van der Waals surface area contributed by atoms with E-state index in [1.165, 1.54) is 96.3 Å². The van der Waals surface area contributed by atoms with Crippen molar-refractivity contribution in [3.05, 3.63) is 36.5 Å². The minimum atomic E-state index is -1.98. The molecule has 19 heteroatoms. The van der Waals surface area contributed by atoms with Crippen LogP contribution in [0.4, 0.5) is 0 Å². The van der Waals surface area contributed by atoms with Crippen molar-refractivity contribution in [1.29, 1.82) is 0 Å². The number of amides is 1. The smallest absolute Gasteiger partial charge is 0.220 e. The van der Waals surface area contributed by atoms with Crippen molar-refractivity contribution >= 4 is 5.91 Å². The molecule has 0 saturated carbocycles. The summed E-state index contributed by atoms with van der Waals surface area (Å²) in [6, 6.07) is -0.991. The van der Waals surface area contributed by atoms with E-state index in [1.54, 1.807) is 6.08 Å². The number of hydrogen-bond acceptors (Lipinski definition) is 18. The van der Waals surface area contributed by atoms with Crippen molar-refractivity contribution in [2.24, 2.45) is 0 Å². The average Bonchev–Trinajstić information content (AvgIpc) is 3.42. The van der Waals surface area contributed by atoms with E-state index >= 15 is 0 Å². The van der Waals surface area contributed by atoms with Crippen molar-refractivity contribution in [3.63, 3.8) is 0 Å². The molecular weight excluding hydrogens is 987 g/mol. The molecule has 17 atom stereocenters. The highest BCUT2D eigenvalue weighted by atomic mass is 16.8. The maximum absolute atomic E-state index is 13.3. The summed E-state index contributed by atoms with van der Waals surface area (Å²) in [6.45, 7) is 1.65. The Labute approximate surface area is 453 Å². The monoisotopic (exact) mass is 1090 g/mol. The second-order valence-corrected chi connectivity index (χ2v) is 21.1. The third-order valence-electron chi connectivity index (χ3n) is 14.7. The van der Waals surface area contributed by atoms with Crippen molar-refractivity contribution in [2.45, 2.75) is 291 Å². The molecule has 76 heavy (non-hydrogen) atoms. The van der Waals surface area contributed by atoms with Gasteiger partial charge in [-0.25, -0.2) is 0 Å². The molecule has 0 aromatic carbocycles. The Morgan fingerprint density at radius 1 is 0.461 bits per heavy atom. The first-order valence-corrected chi connectivity index (χ1v) is 29.2. The summed E-state index contributed by atoms with van der Waals surface area (Å²) in [7, 11) is 0. The number of rotatable bonds is 42. The number of ether oxygens (including phenoxy) is 6. The molecule has 17 unspecified atom stereocenters. The Bertz CT molecular complexity index is 1540. The number of allylic oxidation sites excluding steroid dienone is 5. The summed E-state index contributed by atoms with van der Waals surface area (Å²) in [5.41, 5.74) is 0. The number of aliphatic hydroxyl groups is 11. The summed E-state index contributed by atoms with van der Waals surface area (Å²) < 4.78 is 34.2. The Hall–Kier alpha value is -1.99. The summed E-state index contributed by atoms with van der Waals surface area (Å²) in [6.07, 6.45) is 15.7. The third-order valence-corrected chi connectivity index (χ3v) is 14.7. The van der Waals surface area contributed by atoms with E-state index in [1.807, 2.05) is 6.08 Å². The molecular formula is C57H103NO18. The standard InChI is InChI=1S/C57H103NO18/c1-3-5-7-9-11-13-15-17-18-19-20-21-22-23-24-26-28-30-32-34-41(62)40(58-45(63)35-33-31-29-27-25-16-14-12-10-8-6-4-2)39-71-55-51(69)48(66)53(43(37-60)73-55)76-57-52(70)49(67)54(44(38-61)74-57)75-56-50(68)47(65)46(64)42(36-59)72-56/h12,14,24,26,32,34,40-44,46-57,59-62,64-70H,3-11,13,15-23,25,27-31,33,35-39H2,1-2H3,(H,58,63)/b14-12-,26-24+,34-32+. The van der Waals surface area contributed by atoms with Gasteiger partial charge in [-0.05, 0) is 57.8 Å². The van der Waals surface area contributed by atoms with Crippen LogP contribution in [0.5, 0.6) is 0 Å². The molecule has 3 rings (SSSR count). The van der Waals surface area contributed by atoms with E-state index in [9.17, 15) is 61.0 Å². The van der Waals surface area contributed by atoms with Crippen LogP contribution in [-0.4, -0.2) is 193 Å². The lowest BCUT2D eigenvalue weighted by Gasteiger charge is -2.48. The van der Waals surface area contributed by atoms with Gasteiger partial charge in [0.1, 0.15) is 73.2 Å². The molecule has 0 aromatic heterocycles. The van der Waals surface area contributed by atoms with Gasteiger partial charge in [-0.15, -0.1) is 0 Å². The topological polar surface area (TPSA) is 307 Å². The number of carbonyl (C=O) groups excluding carboxylic acids is 1. The van der Waals surface area contributed by atoms with Gasteiger partial charge in [0.2, 0.25) is 5.91 Å². The SMILES string of the molecule is CCCCC/C=C\CCCCCCCC(=O)NC(COC1OC(CO)C(OC2OC(CO)C(OC3OC(CO)C(O)C(O)C3O)C(O)C2O)C(O)C1O)C(O)/C=C/CC/C=C/CCCCCCCCCCCCCCC. The van der Waals surface area contributed by atoms with Gasteiger partial charge in [0.25, 0.3) is 0 Å². The highest BCUT2D eigenvalue weighted by Crippen LogP contribution is 2.33. The van der Waals surface area contributed by atoms with Crippen LogP contribution in [0.2, 0.25) is 0 Å². The van der Waals surface area contributed by atoms with Crippen LogP contribution < -0.4 is 5.32 Å². The van der Waals surface area contributed by atoms with Gasteiger partial charge in [-0.3, -0.25) is 4.79 Å². The number of hydrogen-bond donors (Lipinski definition) is 12. The zero-order chi connectivity index (χ0) is 55.5. The predicted molar refractivity (Wildman–Crippen MR) is 286 cm³/mol. The van der Waals surface area contributed by atoms with Crippen LogP contribution in [0.3, 0.4) is 0 Å². The maximum atomic E-state index is 13.3. The summed E-state index contributed by atoms with van der Waals surface area (Å²) in [5.74, 6) is -0.297. The fourth-order valence-electron chi connectivity index (χ4n) is 9.79. The summed E-state index contributed by atoms with van der Waals surface area (Å²) >= 11 is 0. The minimum absolute atomic E-state index is 0.225. The number of nitrogens with one attached hydrogen (secondary N) is 1. The normalized spacial score (nSPS) is 31.2. The average molecular weight is 1090 g/mol. The molecule has 12 N–H and O–H groups in total. The van der Waals surface area contributed by atoms with Gasteiger partial charge in [0, 0.05) is 6.42 Å². The Morgan fingerprint density at radius 3 is 1.34 bits per heavy atom. The molecule has 0 aromatic rings. The molecule has 0 spiro atoms. The molecule has 1 amide bonds. The van der Waals surface area contributed by atoms with Crippen molar-refractivity contribution < 1.29 is 89.4 Å². The molecule has 3 heterocycles. The van der Waals surface area contributed by atoms with Crippen molar-refractivity contribution in [1.82, 2.24) is 5.32 Å². The van der Waals surface area contributed by atoms with Gasteiger partial charge in [0.05, 0.1) is 38.6 Å². The molecule has 0 radical (unpaired) electrons. The fourth-order valence-corrected chi connectivity index (χ4v) is 9.79. The molecule has 3 aliphatic rings. The quantitative estimate of drug-likeness (QED) is 0.0295. The van der Waals surface area contributed by atoms with Crippen molar-refractivity contribution in [3.8, 4) is 0 Å². The van der Waals surface area contributed by atoms with Crippen LogP contribution in [0.15, 0.2) is 36.5 Å². The molecule has 0 aliphatic carbocycles. The Morgan fingerprint density at radius 2 is 0.842 bits per heavy atom. The van der Waals surface area contributed by atoms with Crippen LogP contribution in [0.1, 0.15) is 187 Å². The van der Waals surface area contributed by atoms with Gasteiger partial charge in [-0.1, -0.05) is 159 Å². The number of carbonyl (C=O) groups is 1. The van der Waals surface area contributed by atoms with Crippen LogP contribution in [0, 0.1) is 0 Å². The van der Waals surface area contributed by atoms with E-state index in [2.05, 4.69) is 43.5 Å². The first-order chi connectivity index (χ1) is 36.8. The third kappa shape index (κ3) is 25.2. The lowest BCUT2D eigenvalue weighted by Crippen LogP contribution is -2.66. The zero-order valence-corrected chi connectivity index (χ0v) is 46.0. The molecule has 0 bridgehead atoms. The molecule has 3 fully saturated rings.